The van der Waals surface area contributed by atoms with Gasteiger partial charge in [-0.1, -0.05) is 34.5 Å². The Morgan fingerprint density at radius 2 is 1.97 bits per heavy atom. The Kier molecular flexibility index (Phi) is 5.89. The molecule has 0 unspecified atom stereocenters. The molecule has 3 atom stereocenters. The first-order valence-electron chi connectivity index (χ1n) is 9.57. The number of carbonyl (C=O) groups is 1. The minimum atomic E-state index is -4.02. The SMILES string of the molecule is C=C[C@@H]1CN(Cc2c[nH]nn2)C(=O)[C@@H]2CCC[C@H]1N2S(=O)(=O)c1cc(Cl)cc(Cl)c1. The zero-order valence-electron chi connectivity index (χ0n) is 16.0. The van der Waals surface area contributed by atoms with E-state index < -0.39 is 16.1 Å². The van der Waals surface area contributed by atoms with Gasteiger partial charge in [-0.15, -0.1) is 11.7 Å². The molecule has 0 saturated carbocycles. The van der Waals surface area contributed by atoms with Gasteiger partial charge in [-0.05, 0) is 37.5 Å². The van der Waals surface area contributed by atoms with Crippen molar-refractivity contribution in [2.75, 3.05) is 6.54 Å². The number of halogens is 2. The molecule has 4 rings (SSSR count). The van der Waals surface area contributed by atoms with E-state index in [1.807, 2.05) is 0 Å². The number of benzene rings is 1. The molecule has 8 nitrogen and oxygen atoms in total. The smallest absolute Gasteiger partial charge is 0.244 e. The van der Waals surface area contributed by atoms with Crippen LogP contribution in [0.4, 0.5) is 0 Å². The monoisotopic (exact) mass is 469 g/mol. The minimum absolute atomic E-state index is 0.0162. The molecule has 0 spiro atoms. The summed E-state index contributed by atoms with van der Waals surface area (Å²) in [6.07, 6.45) is 5.20. The molecule has 2 aromatic rings. The summed E-state index contributed by atoms with van der Waals surface area (Å²) >= 11 is 12.1. The maximum Gasteiger partial charge on any atom is 0.244 e. The van der Waals surface area contributed by atoms with Gasteiger partial charge in [-0.2, -0.15) is 4.31 Å². The lowest BCUT2D eigenvalue weighted by Gasteiger charge is -2.40. The molecule has 2 saturated heterocycles. The van der Waals surface area contributed by atoms with Crippen LogP contribution < -0.4 is 0 Å². The van der Waals surface area contributed by atoms with Crippen LogP contribution in [0.25, 0.3) is 0 Å². The lowest BCUT2D eigenvalue weighted by atomic mass is 9.90. The summed E-state index contributed by atoms with van der Waals surface area (Å²) in [5.74, 6) is -0.473. The van der Waals surface area contributed by atoms with Gasteiger partial charge in [0.1, 0.15) is 11.7 Å². The molecule has 2 aliphatic rings. The van der Waals surface area contributed by atoms with Crippen molar-refractivity contribution in [3.05, 3.63) is 52.8 Å². The first-order chi connectivity index (χ1) is 14.3. The Labute approximate surface area is 184 Å². The second-order valence-electron chi connectivity index (χ2n) is 7.54. The lowest BCUT2D eigenvalue weighted by Crippen LogP contribution is -2.54. The summed E-state index contributed by atoms with van der Waals surface area (Å²) in [5.41, 5.74) is 0.610. The van der Waals surface area contributed by atoms with Gasteiger partial charge in [0.15, 0.2) is 0 Å². The average Bonchev–Trinajstić information content (AvgIpc) is 3.20. The van der Waals surface area contributed by atoms with Crippen molar-refractivity contribution in [2.24, 2.45) is 5.92 Å². The second-order valence-corrected chi connectivity index (χ2v) is 10.3. The molecular formula is C19H21Cl2N5O3S. The number of sulfonamides is 1. The number of hydrogen-bond acceptors (Lipinski definition) is 5. The van der Waals surface area contributed by atoms with Crippen molar-refractivity contribution in [1.82, 2.24) is 24.6 Å². The molecule has 1 aromatic carbocycles. The standard InChI is InChI=1S/C19H21Cl2N5O3S/c1-2-12-10-25(11-15-9-22-24-23-15)19(27)18-5-3-4-17(12)26(18)30(28,29)16-7-13(20)6-14(21)8-16/h2,6-9,12,17-18H,1,3-5,10-11H2,(H,22,23,24)/t12-,17-,18+/m1/s1. The molecular weight excluding hydrogens is 449 g/mol. The van der Waals surface area contributed by atoms with Gasteiger partial charge < -0.3 is 4.90 Å². The summed E-state index contributed by atoms with van der Waals surface area (Å²) in [6, 6.07) is 3.02. The molecule has 0 radical (unpaired) electrons. The van der Waals surface area contributed by atoms with Gasteiger partial charge in [0.05, 0.1) is 11.4 Å². The Hall–Kier alpha value is -1.94. The summed E-state index contributed by atoms with van der Waals surface area (Å²) in [7, 11) is -4.02. The van der Waals surface area contributed by atoms with Crippen molar-refractivity contribution >= 4 is 39.1 Å². The molecule has 2 bridgehead atoms. The van der Waals surface area contributed by atoms with Crippen LogP contribution in [0.3, 0.4) is 0 Å². The van der Waals surface area contributed by atoms with Gasteiger partial charge in [0.25, 0.3) is 0 Å². The van der Waals surface area contributed by atoms with Crippen molar-refractivity contribution in [3.8, 4) is 0 Å². The Morgan fingerprint density at radius 3 is 2.60 bits per heavy atom. The fraction of sp³-hybridized carbons (Fsp3) is 0.421. The van der Waals surface area contributed by atoms with Crippen LogP contribution in [0.2, 0.25) is 10.0 Å². The lowest BCUT2D eigenvalue weighted by molar-refractivity contribution is -0.135. The van der Waals surface area contributed by atoms with Crippen LogP contribution in [0.15, 0.2) is 41.9 Å². The van der Waals surface area contributed by atoms with Crippen molar-refractivity contribution in [3.63, 3.8) is 0 Å². The number of piperidine rings is 1. The highest BCUT2D eigenvalue weighted by Gasteiger charge is 2.49. The Balaban J connectivity index is 1.77. The van der Waals surface area contributed by atoms with Crippen LogP contribution in [0, 0.1) is 5.92 Å². The van der Waals surface area contributed by atoms with E-state index in [0.29, 0.717) is 25.1 Å². The summed E-state index contributed by atoms with van der Waals surface area (Å²) in [5, 5.41) is 10.7. The number of amides is 1. The number of aromatic amines is 1. The zero-order chi connectivity index (χ0) is 21.5. The number of carbonyl (C=O) groups excluding carboxylic acids is 1. The largest absolute Gasteiger partial charge is 0.335 e. The molecule has 3 heterocycles. The summed E-state index contributed by atoms with van der Waals surface area (Å²) < 4.78 is 28.7. The van der Waals surface area contributed by atoms with Crippen LogP contribution in [0.1, 0.15) is 25.0 Å². The first-order valence-corrected chi connectivity index (χ1v) is 11.8. The third-order valence-corrected chi connectivity index (χ3v) is 8.02. The highest BCUT2D eigenvalue weighted by molar-refractivity contribution is 7.89. The summed E-state index contributed by atoms with van der Waals surface area (Å²) in [6.45, 7) is 4.52. The first kappa shape index (κ1) is 21.3. The highest BCUT2D eigenvalue weighted by atomic mass is 35.5. The summed E-state index contributed by atoms with van der Waals surface area (Å²) in [4.78, 5) is 15.1. The fourth-order valence-corrected chi connectivity index (χ4v) is 6.93. The van der Waals surface area contributed by atoms with E-state index in [0.717, 1.165) is 6.42 Å². The predicted octanol–water partition coefficient (Wildman–Crippen LogP) is 2.87. The maximum atomic E-state index is 13.7. The topological polar surface area (TPSA) is 99.3 Å². The molecule has 2 aliphatic heterocycles. The quantitative estimate of drug-likeness (QED) is 0.678. The number of fused-ring (bicyclic) bond motifs is 2. The molecule has 30 heavy (non-hydrogen) atoms. The molecule has 1 N–H and O–H groups in total. The zero-order valence-corrected chi connectivity index (χ0v) is 18.4. The fourth-order valence-electron chi connectivity index (χ4n) is 4.34. The third-order valence-electron chi connectivity index (χ3n) is 5.67. The number of aromatic nitrogens is 3. The highest BCUT2D eigenvalue weighted by Crippen LogP contribution is 2.38. The third kappa shape index (κ3) is 3.87. The molecule has 11 heteroatoms. The molecule has 0 aliphatic carbocycles. The van der Waals surface area contributed by atoms with E-state index in [2.05, 4.69) is 22.0 Å². The predicted molar refractivity (Wildman–Crippen MR) is 112 cm³/mol. The second kappa shape index (κ2) is 8.30. The average molecular weight is 470 g/mol. The van der Waals surface area contributed by atoms with Crippen LogP contribution in [0.5, 0.6) is 0 Å². The molecule has 160 valence electrons. The van der Waals surface area contributed by atoms with E-state index in [4.69, 9.17) is 23.2 Å². The van der Waals surface area contributed by atoms with Gasteiger partial charge >= 0.3 is 0 Å². The van der Waals surface area contributed by atoms with Crippen LogP contribution in [-0.4, -0.2) is 57.6 Å². The Bertz CT molecular complexity index is 1040. The van der Waals surface area contributed by atoms with E-state index >= 15 is 0 Å². The van der Waals surface area contributed by atoms with E-state index in [-0.39, 0.29) is 39.4 Å². The van der Waals surface area contributed by atoms with Crippen molar-refractivity contribution < 1.29 is 13.2 Å². The normalized spacial score (nSPS) is 25.2. The van der Waals surface area contributed by atoms with E-state index in [1.54, 1.807) is 17.2 Å². The van der Waals surface area contributed by atoms with Crippen molar-refractivity contribution in [2.45, 2.75) is 42.8 Å². The van der Waals surface area contributed by atoms with E-state index in [9.17, 15) is 13.2 Å². The van der Waals surface area contributed by atoms with Crippen LogP contribution in [-0.2, 0) is 21.4 Å². The number of hydrogen-bond donors (Lipinski definition) is 1. The molecule has 1 aromatic heterocycles. The van der Waals surface area contributed by atoms with Gasteiger partial charge in [-0.3, -0.25) is 9.89 Å². The Morgan fingerprint density at radius 1 is 1.23 bits per heavy atom. The van der Waals surface area contributed by atoms with Gasteiger partial charge in [0.2, 0.25) is 15.9 Å². The molecule has 2 fully saturated rings. The number of H-pyrrole nitrogens is 1. The molecule has 1 amide bonds. The minimum Gasteiger partial charge on any atom is -0.335 e. The van der Waals surface area contributed by atoms with Gasteiger partial charge in [0, 0.05) is 34.7 Å². The van der Waals surface area contributed by atoms with E-state index in [1.165, 1.54) is 22.5 Å². The number of nitrogens with zero attached hydrogens (tertiary/aromatic N) is 4. The van der Waals surface area contributed by atoms with Crippen molar-refractivity contribution in [1.29, 1.82) is 0 Å². The number of nitrogens with one attached hydrogen (secondary N) is 1. The van der Waals surface area contributed by atoms with Gasteiger partial charge in [-0.25, -0.2) is 8.42 Å². The maximum absolute atomic E-state index is 13.7. The van der Waals surface area contributed by atoms with Crippen LogP contribution >= 0.6 is 23.2 Å². The number of rotatable bonds is 5.